The highest BCUT2D eigenvalue weighted by Crippen LogP contribution is 2.37. The predicted molar refractivity (Wildman–Crippen MR) is 84.9 cm³/mol. The molecule has 112 valence electrons. The first-order chi connectivity index (χ1) is 9.01. The van der Waals surface area contributed by atoms with E-state index in [-0.39, 0.29) is 5.60 Å². The van der Waals surface area contributed by atoms with Gasteiger partial charge in [0.2, 0.25) is 0 Å². The molecule has 0 aromatic rings. The fourth-order valence-corrected chi connectivity index (χ4v) is 5.03. The summed E-state index contributed by atoms with van der Waals surface area (Å²) in [5.41, 5.74) is 0.590. The van der Waals surface area contributed by atoms with Gasteiger partial charge < -0.3 is 10.1 Å². The van der Waals surface area contributed by atoms with Crippen molar-refractivity contribution in [2.75, 3.05) is 18.1 Å². The third kappa shape index (κ3) is 3.68. The molecule has 0 aromatic heterocycles. The molecule has 0 bridgehead atoms. The zero-order chi connectivity index (χ0) is 13.9. The van der Waals surface area contributed by atoms with Crippen LogP contribution in [-0.2, 0) is 4.74 Å². The molecule has 2 atom stereocenters. The Morgan fingerprint density at radius 2 is 2.00 bits per heavy atom. The molecule has 2 unspecified atom stereocenters. The van der Waals surface area contributed by atoms with E-state index in [0.29, 0.717) is 17.5 Å². The maximum atomic E-state index is 6.09. The maximum absolute atomic E-state index is 6.09. The molecular formula is C16H31NOS. The minimum absolute atomic E-state index is 0.141. The molecule has 2 aliphatic rings. The summed E-state index contributed by atoms with van der Waals surface area (Å²) in [6, 6.07) is 1.32. The quantitative estimate of drug-likeness (QED) is 0.848. The second kappa shape index (κ2) is 6.36. The average Bonchev–Trinajstić information content (AvgIpc) is 2.41. The van der Waals surface area contributed by atoms with Gasteiger partial charge in [0.05, 0.1) is 5.60 Å². The van der Waals surface area contributed by atoms with Crippen molar-refractivity contribution in [3.63, 3.8) is 0 Å². The number of hydrogen-bond donors (Lipinski definition) is 1. The summed E-state index contributed by atoms with van der Waals surface area (Å²) >= 11 is 2.11. The minimum Gasteiger partial charge on any atom is -0.375 e. The summed E-state index contributed by atoms with van der Waals surface area (Å²) in [6.45, 7) is 10.3. The van der Waals surface area contributed by atoms with E-state index in [2.05, 4.69) is 44.8 Å². The molecule has 2 aliphatic heterocycles. The fourth-order valence-electron chi connectivity index (χ4n) is 3.41. The van der Waals surface area contributed by atoms with Crippen LogP contribution in [0.5, 0.6) is 0 Å². The van der Waals surface area contributed by atoms with Gasteiger partial charge >= 0.3 is 0 Å². The topological polar surface area (TPSA) is 21.3 Å². The first-order valence-corrected chi connectivity index (χ1v) is 9.14. The van der Waals surface area contributed by atoms with Crippen LogP contribution in [0.4, 0.5) is 0 Å². The van der Waals surface area contributed by atoms with E-state index in [1.807, 2.05) is 0 Å². The minimum atomic E-state index is 0.141. The van der Waals surface area contributed by atoms with Gasteiger partial charge in [-0.15, -0.1) is 0 Å². The van der Waals surface area contributed by atoms with Gasteiger partial charge in [0.15, 0.2) is 0 Å². The summed E-state index contributed by atoms with van der Waals surface area (Å²) in [5.74, 6) is 2.60. The van der Waals surface area contributed by atoms with Crippen molar-refractivity contribution in [2.24, 2.45) is 5.41 Å². The van der Waals surface area contributed by atoms with Gasteiger partial charge in [-0.05, 0) is 43.3 Å². The first-order valence-electron chi connectivity index (χ1n) is 7.99. The SMILES string of the molecule is CCC1(CC)CC(NC2CSCCC2(C)C)CCO1. The third-order valence-electron chi connectivity index (χ3n) is 5.34. The Morgan fingerprint density at radius 1 is 1.26 bits per heavy atom. The molecule has 2 nitrogen and oxygen atoms in total. The van der Waals surface area contributed by atoms with Crippen molar-refractivity contribution in [3.05, 3.63) is 0 Å². The van der Waals surface area contributed by atoms with Crippen LogP contribution in [0.2, 0.25) is 0 Å². The lowest BCUT2D eigenvalue weighted by atomic mass is 9.80. The monoisotopic (exact) mass is 285 g/mol. The van der Waals surface area contributed by atoms with Crippen molar-refractivity contribution in [3.8, 4) is 0 Å². The molecule has 0 aromatic carbocycles. The summed E-state index contributed by atoms with van der Waals surface area (Å²) in [6.07, 6.45) is 6.00. The highest BCUT2D eigenvalue weighted by atomic mass is 32.2. The van der Waals surface area contributed by atoms with Crippen LogP contribution in [0.1, 0.15) is 59.8 Å². The zero-order valence-electron chi connectivity index (χ0n) is 13.1. The smallest absolute Gasteiger partial charge is 0.0692 e. The molecule has 0 aliphatic carbocycles. The van der Waals surface area contributed by atoms with Gasteiger partial charge in [0.25, 0.3) is 0 Å². The van der Waals surface area contributed by atoms with Crippen molar-refractivity contribution in [1.82, 2.24) is 5.32 Å². The van der Waals surface area contributed by atoms with Crippen molar-refractivity contribution in [2.45, 2.75) is 77.5 Å². The Bertz CT molecular complexity index is 288. The summed E-state index contributed by atoms with van der Waals surface area (Å²) in [4.78, 5) is 0. The van der Waals surface area contributed by atoms with Crippen LogP contribution in [0.25, 0.3) is 0 Å². The van der Waals surface area contributed by atoms with E-state index in [1.54, 1.807) is 0 Å². The average molecular weight is 285 g/mol. The van der Waals surface area contributed by atoms with Gasteiger partial charge in [-0.25, -0.2) is 0 Å². The Kier molecular flexibility index (Phi) is 5.24. The lowest BCUT2D eigenvalue weighted by Gasteiger charge is -2.45. The van der Waals surface area contributed by atoms with Crippen LogP contribution >= 0.6 is 11.8 Å². The molecule has 0 amide bonds. The van der Waals surface area contributed by atoms with Gasteiger partial charge in [0, 0.05) is 24.4 Å². The van der Waals surface area contributed by atoms with Gasteiger partial charge in [0.1, 0.15) is 0 Å². The Labute approximate surface area is 123 Å². The second-order valence-electron chi connectivity index (χ2n) is 6.96. The molecule has 0 saturated carbocycles. The number of thioether (sulfide) groups is 1. The summed E-state index contributed by atoms with van der Waals surface area (Å²) in [5, 5.41) is 3.97. The lowest BCUT2D eigenvalue weighted by molar-refractivity contribution is -0.0952. The molecule has 1 N–H and O–H groups in total. The largest absolute Gasteiger partial charge is 0.375 e. The molecule has 2 fully saturated rings. The van der Waals surface area contributed by atoms with Crippen LogP contribution in [0.15, 0.2) is 0 Å². The highest BCUT2D eigenvalue weighted by Gasteiger charge is 2.38. The van der Waals surface area contributed by atoms with E-state index >= 15 is 0 Å². The highest BCUT2D eigenvalue weighted by molar-refractivity contribution is 7.99. The van der Waals surface area contributed by atoms with E-state index in [0.717, 1.165) is 19.4 Å². The molecule has 2 rings (SSSR count). The van der Waals surface area contributed by atoms with Gasteiger partial charge in [-0.2, -0.15) is 11.8 Å². The number of ether oxygens (including phenoxy) is 1. The van der Waals surface area contributed by atoms with Crippen molar-refractivity contribution < 1.29 is 4.74 Å². The van der Waals surface area contributed by atoms with Crippen LogP contribution in [0, 0.1) is 5.41 Å². The normalized spacial score (nSPS) is 34.1. The Balaban J connectivity index is 1.95. The van der Waals surface area contributed by atoms with E-state index in [4.69, 9.17) is 4.74 Å². The van der Waals surface area contributed by atoms with Crippen molar-refractivity contribution in [1.29, 1.82) is 0 Å². The molecule has 2 saturated heterocycles. The van der Waals surface area contributed by atoms with Crippen LogP contribution in [-0.4, -0.2) is 35.8 Å². The van der Waals surface area contributed by atoms with E-state index < -0.39 is 0 Å². The van der Waals surface area contributed by atoms with Crippen LogP contribution in [0.3, 0.4) is 0 Å². The Morgan fingerprint density at radius 3 is 2.63 bits per heavy atom. The predicted octanol–water partition coefficient (Wildman–Crippen LogP) is 3.85. The molecule has 2 heterocycles. The van der Waals surface area contributed by atoms with Gasteiger partial charge in [-0.3, -0.25) is 0 Å². The van der Waals surface area contributed by atoms with E-state index in [9.17, 15) is 0 Å². The van der Waals surface area contributed by atoms with Crippen molar-refractivity contribution >= 4 is 11.8 Å². The standard InChI is InChI=1S/C16H31NOS/c1-5-16(6-2)11-13(7-9-18-16)17-14-12-19-10-8-15(14,3)4/h13-14,17H,5-12H2,1-4H3. The summed E-state index contributed by atoms with van der Waals surface area (Å²) in [7, 11) is 0. The zero-order valence-corrected chi connectivity index (χ0v) is 13.9. The summed E-state index contributed by atoms with van der Waals surface area (Å²) < 4.78 is 6.09. The number of rotatable bonds is 4. The molecule has 0 radical (unpaired) electrons. The number of hydrogen-bond acceptors (Lipinski definition) is 3. The van der Waals surface area contributed by atoms with Crippen LogP contribution < -0.4 is 5.32 Å². The van der Waals surface area contributed by atoms with E-state index in [1.165, 1.54) is 30.8 Å². The molecule has 0 spiro atoms. The lowest BCUT2D eigenvalue weighted by Crippen LogP contribution is -2.55. The second-order valence-corrected chi connectivity index (χ2v) is 8.11. The molecule has 19 heavy (non-hydrogen) atoms. The molecule has 3 heteroatoms. The van der Waals surface area contributed by atoms with Gasteiger partial charge in [-0.1, -0.05) is 27.7 Å². The number of nitrogens with one attached hydrogen (secondary N) is 1. The fraction of sp³-hybridized carbons (Fsp3) is 1.00. The Hall–Kier alpha value is 0.270. The molecular weight excluding hydrogens is 254 g/mol. The maximum Gasteiger partial charge on any atom is 0.0692 e. The first kappa shape index (κ1) is 15.7. The third-order valence-corrected chi connectivity index (χ3v) is 6.40.